The maximum Gasteiger partial charge on any atom is 0.305 e. The van der Waals surface area contributed by atoms with E-state index in [1.165, 1.54) is 39.2 Å². The second-order valence-electron chi connectivity index (χ2n) is 11.6. The maximum atomic E-state index is 12.3. The van der Waals surface area contributed by atoms with Crippen LogP contribution in [0, 0.1) is 46.3 Å². The Morgan fingerprint density at radius 2 is 1.87 bits per heavy atom. The molecule has 0 spiro atoms. The van der Waals surface area contributed by atoms with E-state index in [0.29, 0.717) is 34.9 Å². The minimum absolute atomic E-state index is 0.0684. The predicted octanol–water partition coefficient (Wildman–Crippen LogP) is 6.36. The molecule has 0 bridgehead atoms. The van der Waals surface area contributed by atoms with Crippen LogP contribution in [0.5, 0.6) is 0 Å². The van der Waals surface area contributed by atoms with Gasteiger partial charge < -0.3 is 4.74 Å². The van der Waals surface area contributed by atoms with Crippen LogP contribution in [0.4, 0.5) is 0 Å². The normalized spacial score (nSPS) is 45.4. The highest BCUT2D eigenvalue weighted by molar-refractivity contribution is 5.80. The SMILES string of the molecule is CC=C1C[C@@H]2[C@H](CC[C@]3(C)[C@@H]([C@H](C)CCC(=O)OC)CC[C@@H]23)[C@@]2(C)CCC(=O)C[C@@H]12. The summed E-state index contributed by atoms with van der Waals surface area (Å²) >= 11 is 0. The summed E-state index contributed by atoms with van der Waals surface area (Å²) in [6.45, 7) is 9.67. The Bertz CT molecular complexity index is 724. The van der Waals surface area contributed by atoms with Crippen molar-refractivity contribution in [3.8, 4) is 0 Å². The zero-order valence-corrected chi connectivity index (χ0v) is 19.8. The third-order valence-electron chi connectivity index (χ3n) is 10.5. The molecule has 3 heteroatoms. The van der Waals surface area contributed by atoms with E-state index in [1.807, 2.05) is 0 Å². The van der Waals surface area contributed by atoms with Gasteiger partial charge in [0.25, 0.3) is 0 Å². The van der Waals surface area contributed by atoms with Crippen LogP contribution in [0.2, 0.25) is 0 Å². The number of esters is 1. The smallest absolute Gasteiger partial charge is 0.305 e. The summed E-state index contributed by atoms with van der Waals surface area (Å²) in [6.07, 6.45) is 13.1. The Morgan fingerprint density at radius 3 is 2.57 bits per heavy atom. The van der Waals surface area contributed by atoms with Crippen molar-refractivity contribution in [1.29, 1.82) is 0 Å². The molecule has 4 saturated carbocycles. The number of allylic oxidation sites excluding steroid dienone is 2. The van der Waals surface area contributed by atoms with Crippen molar-refractivity contribution < 1.29 is 14.3 Å². The molecule has 0 aliphatic heterocycles. The Balaban J connectivity index is 1.56. The first-order chi connectivity index (χ1) is 14.2. The van der Waals surface area contributed by atoms with E-state index in [4.69, 9.17) is 4.74 Å². The van der Waals surface area contributed by atoms with Crippen molar-refractivity contribution in [1.82, 2.24) is 0 Å². The van der Waals surface area contributed by atoms with Gasteiger partial charge in [0.1, 0.15) is 5.78 Å². The third kappa shape index (κ3) is 3.39. The van der Waals surface area contributed by atoms with Gasteiger partial charge in [-0.3, -0.25) is 9.59 Å². The zero-order valence-electron chi connectivity index (χ0n) is 19.8. The number of Topliss-reactive ketones (excluding diaryl/α,β-unsaturated/α-hetero) is 1. The zero-order chi connectivity index (χ0) is 21.7. The van der Waals surface area contributed by atoms with Crippen molar-refractivity contribution in [2.24, 2.45) is 46.3 Å². The van der Waals surface area contributed by atoms with Gasteiger partial charge in [-0.1, -0.05) is 32.4 Å². The van der Waals surface area contributed by atoms with Crippen LogP contribution in [-0.2, 0) is 14.3 Å². The summed E-state index contributed by atoms with van der Waals surface area (Å²) in [5, 5.41) is 0. The lowest BCUT2D eigenvalue weighted by molar-refractivity contribution is -0.141. The fourth-order valence-corrected chi connectivity index (χ4v) is 8.89. The highest BCUT2D eigenvalue weighted by Gasteiger charge is 2.61. The molecule has 168 valence electrons. The topological polar surface area (TPSA) is 43.4 Å². The second-order valence-corrected chi connectivity index (χ2v) is 11.6. The molecule has 0 saturated heterocycles. The lowest BCUT2D eigenvalue weighted by Gasteiger charge is -2.61. The molecule has 0 N–H and O–H groups in total. The monoisotopic (exact) mass is 414 g/mol. The van der Waals surface area contributed by atoms with Crippen LogP contribution >= 0.6 is 0 Å². The Hall–Kier alpha value is -1.12. The van der Waals surface area contributed by atoms with E-state index < -0.39 is 0 Å². The van der Waals surface area contributed by atoms with Gasteiger partial charge in [0, 0.05) is 19.3 Å². The lowest BCUT2D eigenvalue weighted by Crippen LogP contribution is -2.54. The summed E-state index contributed by atoms with van der Waals surface area (Å²) in [5.74, 6) is 4.57. The number of methoxy groups -OCH3 is 1. The molecule has 0 radical (unpaired) electrons. The van der Waals surface area contributed by atoms with E-state index in [-0.39, 0.29) is 5.97 Å². The molecular weight excluding hydrogens is 372 g/mol. The molecule has 0 aromatic carbocycles. The van der Waals surface area contributed by atoms with E-state index in [0.717, 1.165) is 49.4 Å². The number of ketones is 1. The molecule has 0 aromatic heterocycles. The van der Waals surface area contributed by atoms with Gasteiger partial charge in [0.05, 0.1) is 7.11 Å². The summed E-state index contributed by atoms with van der Waals surface area (Å²) in [5.41, 5.74) is 2.30. The van der Waals surface area contributed by atoms with Gasteiger partial charge in [-0.15, -0.1) is 0 Å². The van der Waals surface area contributed by atoms with Crippen LogP contribution in [-0.4, -0.2) is 18.9 Å². The standard InChI is InChI=1S/C27H42O3/c1-6-18-15-20-22-9-8-21(17(2)7-10-25(29)30-5)26(22,3)14-12-23(20)27(4)13-11-19(28)16-24(18)27/h6,17,20-24H,7-16H2,1-5H3/t17-,20+,21-,22+,23+,24+,26-,27-/m1/s1. The molecular formula is C27H42O3. The molecule has 3 nitrogen and oxygen atoms in total. The summed E-state index contributed by atoms with van der Waals surface area (Å²) in [6, 6.07) is 0. The van der Waals surface area contributed by atoms with Crippen molar-refractivity contribution in [2.75, 3.05) is 7.11 Å². The number of carbonyl (C=O) groups is 2. The molecule has 4 aliphatic carbocycles. The van der Waals surface area contributed by atoms with Crippen LogP contribution in [0.3, 0.4) is 0 Å². The maximum absolute atomic E-state index is 12.3. The van der Waals surface area contributed by atoms with Crippen molar-refractivity contribution in [2.45, 2.75) is 91.9 Å². The molecule has 4 fully saturated rings. The van der Waals surface area contributed by atoms with Crippen LogP contribution < -0.4 is 0 Å². The van der Waals surface area contributed by atoms with Gasteiger partial charge in [-0.05, 0) is 98.2 Å². The lowest BCUT2D eigenvalue weighted by atomic mass is 9.43. The quantitative estimate of drug-likeness (QED) is 0.397. The minimum Gasteiger partial charge on any atom is -0.469 e. The second kappa shape index (κ2) is 8.10. The van der Waals surface area contributed by atoms with Gasteiger partial charge in [-0.2, -0.15) is 0 Å². The van der Waals surface area contributed by atoms with Gasteiger partial charge in [0.15, 0.2) is 0 Å². The third-order valence-corrected chi connectivity index (χ3v) is 10.5. The Morgan fingerprint density at radius 1 is 1.13 bits per heavy atom. The summed E-state index contributed by atoms with van der Waals surface area (Å²) in [4.78, 5) is 24.0. The minimum atomic E-state index is -0.0684. The average molecular weight is 415 g/mol. The van der Waals surface area contributed by atoms with Crippen LogP contribution in [0.25, 0.3) is 0 Å². The first-order valence-electron chi connectivity index (χ1n) is 12.5. The fraction of sp³-hybridized carbons (Fsp3) is 0.852. The van der Waals surface area contributed by atoms with E-state index in [9.17, 15) is 9.59 Å². The molecule has 0 amide bonds. The molecule has 30 heavy (non-hydrogen) atoms. The highest BCUT2D eigenvalue weighted by atomic mass is 16.5. The summed E-state index contributed by atoms with van der Waals surface area (Å²) in [7, 11) is 1.50. The Kier molecular flexibility index (Phi) is 5.96. The largest absolute Gasteiger partial charge is 0.469 e. The summed E-state index contributed by atoms with van der Waals surface area (Å²) < 4.78 is 4.89. The fourth-order valence-electron chi connectivity index (χ4n) is 8.89. The predicted molar refractivity (Wildman–Crippen MR) is 120 cm³/mol. The van der Waals surface area contributed by atoms with Crippen molar-refractivity contribution >= 4 is 11.8 Å². The van der Waals surface area contributed by atoms with Gasteiger partial charge in [0.2, 0.25) is 0 Å². The molecule has 4 rings (SSSR count). The number of hydrogen-bond acceptors (Lipinski definition) is 3. The van der Waals surface area contributed by atoms with E-state index in [1.54, 1.807) is 5.57 Å². The van der Waals surface area contributed by atoms with Gasteiger partial charge in [-0.25, -0.2) is 0 Å². The number of carbonyl (C=O) groups excluding carboxylic acids is 2. The molecule has 8 atom stereocenters. The molecule has 0 unspecified atom stereocenters. The first kappa shape index (κ1) is 22.1. The van der Waals surface area contributed by atoms with Crippen LogP contribution in [0.15, 0.2) is 11.6 Å². The number of rotatable bonds is 4. The van der Waals surface area contributed by atoms with E-state index >= 15 is 0 Å². The molecule has 0 aromatic rings. The van der Waals surface area contributed by atoms with Gasteiger partial charge >= 0.3 is 5.97 Å². The van der Waals surface area contributed by atoms with E-state index in [2.05, 4.69) is 33.8 Å². The van der Waals surface area contributed by atoms with Crippen LogP contribution in [0.1, 0.15) is 91.9 Å². The number of ether oxygens (including phenoxy) is 1. The molecule has 4 aliphatic rings. The first-order valence-corrected chi connectivity index (χ1v) is 12.5. The Labute approximate surface area is 183 Å². The van der Waals surface area contributed by atoms with Crippen molar-refractivity contribution in [3.63, 3.8) is 0 Å². The van der Waals surface area contributed by atoms with Crippen molar-refractivity contribution in [3.05, 3.63) is 11.6 Å². The molecule has 0 heterocycles. The number of hydrogen-bond donors (Lipinski definition) is 0. The number of fused-ring (bicyclic) bond motifs is 5. The average Bonchev–Trinajstić information content (AvgIpc) is 3.09. The highest BCUT2D eigenvalue weighted by Crippen LogP contribution is 2.69.